The number of morpholine rings is 1. The van der Waals surface area contributed by atoms with Crippen LogP contribution in [0.4, 0.5) is 5.69 Å². The zero-order valence-electron chi connectivity index (χ0n) is 12.3. The lowest BCUT2D eigenvalue weighted by atomic mass is 10.3. The normalized spacial score (nSPS) is 15.6. The van der Waals surface area contributed by atoms with Gasteiger partial charge in [0.05, 0.1) is 35.7 Å². The van der Waals surface area contributed by atoms with Gasteiger partial charge in [0.15, 0.2) is 0 Å². The Hall–Kier alpha value is -2.23. The van der Waals surface area contributed by atoms with Gasteiger partial charge < -0.3 is 9.64 Å². The lowest BCUT2D eigenvalue weighted by Crippen LogP contribution is -2.37. The van der Waals surface area contributed by atoms with Crippen LogP contribution in [0, 0.1) is 0 Å². The quantitative estimate of drug-likeness (QED) is 0.826. The molecule has 0 unspecified atom stereocenters. The molecule has 0 amide bonds. The number of aromatic nitrogens is 2. The Kier molecular flexibility index (Phi) is 4.16. The molecule has 1 aromatic carbocycles. The smallest absolute Gasteiger partial charge is 0.273 e. The third kappa shape index (κ3) is 3.41. The summed E-state index contributed by atoms with van der Waals surface area (Å²) in [6.07, 6.45) is 1.61. The van der Waals surface area contributed by atoms with Crippen LogP contribution in [-0.4, -0.2) is 44.5 Å². The minimum atomic E-state index is -3.76. The summed E-state index contributed by atoms with van der Waals surface area (Å²) in [6, 6.07) is 7.17. The monoisotopic (exact) mass is 336 g/mol. The van der Waals surface area contributed by atoms with Gasteiger partial charge in [-0.2, -0.15) is 9.78 Å². The molecule has 1 aromatic heterocycles. The topological polar surface area (TPSA) is 108 Å². The van der Waals surface area contributed by atoms with E-state index in [0.29, 0.717) is 32.0 Å². The SMILES string of the molecule is NS(=O)(=O)c1ccc(-n2ncc(N3CCOCC3)cc2=O)cc1. The molecule has 8 nitrogen and oxygen atoms in total. The number of ether oxygens (including phenoxy) is 1. The highest BCUT2D eigenvalue weighted by Gasteiger charge is 2.13. The third-order valence-corrected chi connectivity index (χ3v) is 4.50. The molecular weight excluding hydrogens is 320 g/mol. The van der Waals surface area contributed by atoms with Crippen molar-refractivity contribution in [3.63, 3.8) is 0 Å². The Morgan fingerprint density at radius 1 is 1.09 bits per heavy atom. The Balaban J connectivity index is 1.90. The number of primary sulfonamides is 1. The molecule has 2 N–H and O–H groups in total. The van der Waals surface area contributed by atoms with E-state index in [4.69, 9.17) is 9.88 Å². The third-order valence-electron chi connectivity index (χ3n) is 3.57. The highest BCUT2D eigenvalue weighted by molar-refractivity contribution is 7.89. The van der Waals surface area contributed by atoms with Gasteiger partial charge in [-0.1, -0.05) is 0 Å². The summed E-state index contributed by atoms with van der Waals surface area (Å²) in [7, 11) is -3.76. The van der Waals surface area contributed by atoms with Gasteiger partial charge in [0.25, 0.3) is 5.56 Å². The Bertz CT molecular complexity index is 855. The number of nitrogens with zero attached hydrogens (tertiary/aromatic N) is 3. The maximum Gasteiger partial charge on any atom is 0.273 e. The summed E-state index contributed by atoms with van der Waals surface area (Å²) in [5.74, 6) is 0. The first-order valence-electron chi connectivity index (χ1n) is 7.00. The molecule has 1 aliphatic heterocycles. The molecule has 0 atom stereocenters. The van der Waals surface area contributed by atoms with Crippen LogP contribution in [0.3, 0.4) is 0 Å². The van der Waals surface area contributed by atoms with E-state index in [1.54, 1.807) is 6.20 Å². The predicted molar refractivity (Wildman–Crippen MR) is 84.2 cm³/mol. The molecule has 1 fully saturated rings. The standard InChI is InChI=1S/C14H16N4O4S/c15-23(20,21)13-3-1-11(2-4-13)18-14(19)9-12(10-16-18)17-5-7-22-8-6-17/h1-4,9-10H,5-8H2,(H2,15,20,21). The molecule has 0 saturated carbocycles. The summed E-state index contributed by atoms with van der Waals surface area (Å²) >= 11 is 0. The van der Waals surface area contributed by atoms with Crippen LogP contribution in [0.15, 0.2) is 46.2 Å². The largest absolute Gasteiger partial charge is 0.378 e. The van der Waals surface area contributed by atoms with E-state index >= 15 is 0 Å². The van der Waals surface area contributed by atoms with Crippen LogP contribution < -0.4 is 15.6 Å². The number of hydrogen-bond acceptors (Lipinski definition) is 6. The average molecular weight is 336 g/mol. The number of hydrogen-bond donors (Lipinski definition) is 1. The number of anilines is 1. The van der Waals surface area contributed by atoms with E-state index in [9.17, 15) is 13.2 Å². The van der Waals surface area contributed by atoms with Crippen molar-refractivity contribution in [3.8, 4) is 5.69 Å². The molecule has 0 spiro atoms. The van der Waals surface area contributed by atoms with Gasteiger partial charge >= 0.3 is 0 Å². The van der Waals surface area contributed by atoms with Crippen molar-refractivity contribution in [1.29, 1.82) is 0 Å². The summed E-state index contributed by atoms with van der Waals surface area (Å²) in [4.78, 5) is 14.3. The van der Waals surface area contributed by atoms with Crippen molar-refractivity contribution < 1.29 is 13.2 Å². The molecule has 9 heteroatoms. The molecule has 2 heterocycles. The number of sulfonamides is 1. The fourth-order valence-corrected chi connectivity index (χ4v) is 2.88. The second-order valence-corrected chi connectivity index (χ2v) is 6.66. The molecule has 1 aliphatic rings. The van der Waals surface area contributed by atoms with E-state index in [0.717, 1.165) is 5.69 Å². The van der Waals surface area contributed by atoms with E-state index in [1.807, 2.05) is 4.90 Å². The molecule has 0 aliphatic carbocycles. The first-order valence-corrected chi connectivity index (χ1v) is 8.55. The minimum absolute atomic E-state index is 0.0146. The maximum atomic E-state index is 12.3. The van der Waals surface area contributed by atoms with Gasteiger partial charge in [-0.05, 0) is 24.3 Å². The predicted octanol–water partition coefficient (Wildman–Crippen LogP) is -0.283. The van der Waals surface area contributed by atoms with E-state index in [2.05, 4.69) is 5.10 Å². The van der Waals surface area contributed by atoms with Crippen molar-refractivity contribution in [1.82, 2.24) is 9.78 Å². The zero-order valence-corrected chi connectivity index (χ0v) is 13.1. The Morgan fingerprint density at radius 2 is 1.74 bits per heavy atom. The zero-order chi connectivity index (χ0) is 16.4. The van der Waals surface area contributed by atoms with Crippen LogP contribution in [0.2, 0.25) is 0 Å². The number of rotatable bonds is 3. The fourth-order valence-electron chi connectivity index (χ4n) is 2.36. The molecule has 0 radical (unpaired) electrons. The van der Waals surface area contributed by atoms with Crippen molar-refractivity contribution in [2.75, 3.05) is 31.2 Å². The van der Waals surface area contributed by atoms with Crippen molar-refractivity contribution >= 4 is 15.7 Å². The highest BCUT2D eigenvalue weighted by atomic mass is 32.2. The van der Waals surface area contributed by atoms with Crippen LogP contribution in [0.1, 0.15) is 0 Å². The van der Waals surface area contributed by atoms with Gasteiger partial charge in [0, 0.05) is 19.2 Å². The van der Waals surface area contributed by atoms with Crippen LogP contribution in [0.5, 0.6) is 0 Å². The van der Waals surface area contributed by atoms with Gasteiger partial charge in [0.1, 0.15) is 0 Å². The second-order valence-electron chi connectivity index (χ2n) is 5.10. The fraction of sp³-hybridized carbons (Fsp3) is 0.286. The summed E-state index contributed by atoms with van der Waals surface area (Å²) in [6.45, 7) is 2.68. The first kappa shape index (κ1) is 15.7. The lowest BCUT2D eigenvalue weighted by Gasteiger charge is -2.28. The van der Waals surface area contributed by atoms with Gasteiger partial charge in [-0.15, -0.1) is 0 Å². The molecule has 122 valence electrons. The van der Waals surface area contributed by atoms with Gasteiger partial charge in [-0.25, -0.2) is 13.6 Å². The highest BCUT2D eigenvalue weighted by Crippen LogP contribution is 2.14. The lowest BCUT2D eigenvalue weighted by molar-refractivity contribution is 0.122. The number of nitrogens with two attached hydrogens (primary N) is 1. The maximum absolute atomic E-state index is 12.3. The van der Waals surface area contributed by atoms with Crippen molar-refractivity contribution in [3.05, 3.63) is 46.9 Å². The summed E-state index contributed by atoms with van der Waals surface area (Å²) in [5.41, 5.74) is 0.920. The van der Waals surface area contributed by atoms with Crippen LogP contribution in [0.25, 0.3) is 5.69 Å². The Labute approximate surface area is 133 Å². The molecule has 1 saturated heterocycles. The molecular formula is C14H16N4O4S. The van der Waals surface area contributed by atoms with E-state index < -0.39 is 10.0 Å². The van der Waals surface area contributed by atoms with Crippen molar-refractivity contribution in [2.45, 2.75) is 4.90 Å². The Morgan fingerprint density at radius 3 is 2.30 bits per heavy atom. The van der Waals surface area contributed by atoms with Crippen molar-refractivity contribution in [2.24, 2.45) is 5.14 Å². The first-order chi connectivity index (χ1) is 10.9. The molecule has 23 heavy (non-hydrogen) atoms. The minimum Gasteiger partial charge on any atom is -0.378 e. The van der Waals surface area contributed by atoms with E-state index in [-0.39, 0.29) is 10.5 Å². The second kappa shape index (κ2) is 6.11. The molecule has 0 bridgehead atoms. The number of benzene rings is 1. The summed E-state index contributed by atoms with van der Waals surface area (Å²) in [5, 5.41) is 9.21. The average Bonchev–Trinajstić information content (AvgIpc) is 2.55. The summed E-state index contributed by atoms with van der Waals surface area (Å²) < 4.78 is 29.0. The van der Waals surface area contributed by atoms with Gasteiger partial charge in [0.2, 0.25) is 10.0 Å². The van der Waals surface area contributed by atoms with E-state index in [1.165, 1.54) is 35.0 Å². The van der Waals surface area contributed by atoms with Crippen LogP contribution >= 0.6 is 0 Å². The molecule has 2 aromatic rings. The molecule has 3 rings (SSSR count). The van der Waals surface area contributed by atoms with Gasteiger partial charge in [-0.3, -0.25) is 4.79 Å². The van der Waals surface area contributed by atoms with Crippen LogP contribution in [-0.2, 0) is 14.8 Å².